The number of carbonyl (C=O) groups is 1. The molecule has 1 unspecified atom stereocenters. The number of hydrogen-bond acceptors (Lipinski definition) is 4. The lowest BCUT2D eigenvalue weighted by atomic mass is 9.90. The van der Waals surface area contributed by atoms with Crippen molar-refractivity contribution in [3.63, 3.8) is 0 Å². The number of carbonyl (C=O) groups excluding carboxylic acids is 1. The fourth-order valence-electron chi connectivity index (χ4n) is 3.34. The molecule has 1 aliphatic carbocycles. The summed E-state index contributed by atoms with van der Waals surface area (Å²) in [5.41, 5.74) is -0.304. The topological polar surface area (TPSA) is 41.6 Å². The van der Waals surface area contributed by atoms with Crippen molar-refractivity contribution in [1.82, 2.24) is 10.2 Å². The normalized spacial score (nSPS) is 26.1. The van der Waals surface area contributed by atoms with Gasteiger partial charge in [0, 0.05) is 12.1 Å². The number of esters is 1. The molecule has 1 saturated heterocycles. The molecule has 2 fully saturated rings. The third-order valence-corrected chi connectivity index (χ3v) is 4.87. The standard InChI is InChI=1S/C15H28N2O2/c1-5-19-13(18)15(16-4,12-7-8-12)11-17-10-6-9-14(17,2)3/h12,16H,5-11H2,1-4H3. The van der Waals surface area contributed by atoms with E-state index in [2.05, 4.69) is 24.1 Å². The summed E-state index contributed by atoms with van der Waals surface area (Å²) < 4.78 is 5.35. The van der Waals surface area contributed by atoms with E-state index in [9.17, 15) is 4.79 Å². The van der Waals surface area contributed by atoms with Crippen LogP contribution in [0.15, 0.2) is 0 Å². The van der Waals surface area contributed by atoms with Gasteiger partial charge in [0.05, 0.1) is 6.61 Å². The lowest BCUT2D eigenvalue weighted by Crippen LogP contribution is -2.62. The third-order valence-electron chi connectivity index (χ3n) is 4.87. The van der Waals surface area contributed by atoms with Crippen molar-refractivity contribution >= 4 is 5.97 Å². The molecule has 4 heteroatoms. The van der Waals surface area contributed by atoms with Crippen molar-refractivity contribution in [2.24, 2.45) is 5.92 Å². The Kier molecular flexibility index (Phi) is 4.21. The minimum absolute atomic E-state index is 0.0669. The molecule has 2 rings (SSSR count). The molecule has 0 spiro atoms. The predicted octanol–water partition coefficient (Wildman–Crippen LogP) is 1.79. The third kappa shape index (κ3) is 2.79. The van der Waals surface area contributed by atoms with Crippen LogP contribution in [0.4, 0.5) is 0 Å². The van der Waals surface area contributed by atoms with Crippen molar-refractivity contribution in [3.05, 3.63) is 0 Å². The van der Waals surface area contributed by atoms with Gasteiger partial charge in [0.25, 0.3) is 0 Å². The molecule has 110 valence electrons. The first-order valence-corrected chi connectivity index (χ1v) is 7.57. The van der Waals surface area contributed by atoms with E-state index in [0.717, 1.165) is 25.9 Å². The number of ether oxygens (including phenoxy) is 1. The zero-order valence-corrected chi connectivity index (χ0v) is 12.8. The van der Waals surface area contributed by atoms with Gasteiger partial charge < -0.3 is 10.1 Å². The van der Waals surface area contributed by atoms with E-state index in [0.29, 0.717) is 12.5 Å². The first-order valence-electron chi connectivity index (χ1n) is 7.57. The predicted molar refractivity (Wildman–Crippen MR) is 76.0 cm³/mol. The Hall–Kier alpha value is -0.610. The number of nitrogens with zero attached hydrogens (tertiary/aromatic N) is 1. The summed E-state index contributed by atoms with van der Waals surface area (Å²) >= 11 is 0. The Morgan fingerprint density at radius 1 is 1.47 bits per heavy atom. The van der Waals surface area contributed by atoms with E-state index < -0.39 is 5.54 Å². The van der Waals surface area contributed by atoms with Crippen LogP contribution < -0.4 is 5.32 Å². The van der Waals surface area contributed by atoms with Crippen LogP contribution in [0.1, 0.15) is 46.5 Å². The van der Waals surface area contributed by atoms with Gasteiger partial charge in [0.1, 0.15) is 5.54 Å². The molecule has 4 nitrogen and oxygen atoms in total. The van der Waals surface area contributed by atoms with Gasteiger partial charge in [-0.1, -0.05) is 0 Å². The van der Waals surface area contributed by atoms with Crippen molar-refractivity contribution in [2.75, 3.05) is 26.7 Å². The first-order chi connectivity index (χ1) is 8.96. The van der Waals surface area contributed by atoms with Crippen LogP contribution in [0, 0.1) is 5.92 Å². The number of rotatable bonds is 6. The Morgan fingerprint density at radius 3 is 2.58 bits per heavy atom. The van der Waals surface area contributed by atoms with Crippen LogP contribution >= 0.6 is 0 Å². The Bertz CT molecular complexity index is 339. The molecule has 0 aromatic carbocycles. The van der Waals surface area contributed by atoms with Gasteiger partial charge in [0.15, 0.2) is 0 Å². The highest BCUT2D eigenvalue weighted by Crippen LogP contribution is 2.42. The molecule has 1 N–H and O–H groups in total. The highest BCUT2D eigenvalue weighted by atomic mass is 16.5. The van der Waals surface area contributed by atoms with E-state index in [-0.39, 0.29) is 11.5 Å². The number of likely N-dealkylation sites (tertiary alicyclic amines) is 1. The summed E-state index contributed by atoms with van der Waals surface area (Å²) in [4.78, 5) is 14.9. The Balaban J connectivity index is 2.16. The molecule has 1 saturated carbocycles. The van der Waals surface area contributed by atoms with E-state index in [4.69, 9.17) is 4.74 Å². The maximum absolute atomic E-state index is 12.5. The maximum atomic E-state index is 12.5. The molecule has 0 aromatic heterocycles. The highest BCUT2D eigenvalue weighted by molar-refractivity contribution is 5.82. The van der Waals surface area contributed by atoms with Gasteiger partial charge in [-0.25, -0.2) is 4.79 Å². The SMILES string of the molecule is CCOC(=O)C(CN1CCCC1(C)C)(NC)C1CC1. The zero-order chi connectivity index (χ0) is 14.1. The summed E-state index contributed by atoms with van der Waals surface area (Å²) in [5.74, 6) is 0.371. The maximum Gasteiger partial charge on any atom is 0.327 e. The molecule has 0 radical (unpaired) electrons. The second-order valence-corrected chi connectivity index (χ2v) is 6.55. The summed E-state index contributed by atoms with van der Waals surface area (Å²) in [6.45, 7) is 8.75. The summed E-state index contributed by atoms with van der Waals surface area (Å²) in [6, 6.07) is 0. The fourth-order valence-corrected chi connectivity index (χ4v) is 3.34. The molecule has 2 aliphatic rings. The molecular formula is C15H28N2O2. The molecular weight excluding hydrogens is 240 g/mol. The Labute approximate surface area is 116 Å². The molecule has 1 atom stereocenters. The van der Waals surface area contributed by atoms with E-state index in [1.807, 2.05) is 14.0 Å². The first kappa shape index (κ1) is 14.8. The highest BCUT2D eigenvalue weighted by Gasteiger charge is 2.53. The minimum Gasteiger partial charge on any atom is -0.465 e. The summed E-state index contributed by atoms with van der Waals surface area (Å²) in [5, 5.41) is 3.31. The van der Waals surface area contributed by atoms with E-state index in [1.165, 1.54) is 12.8 Å². The van der Waals surface area contributed by atoms with Crippen molar-refractivity contribution in [3.8, 4) is 0 Å². The van der Waals surface area contributed by atoms with Crippen LogP contribution in [0.2, 0.25) is 0 Å². The largest absolute Gasteiger partial charge is 0.465 e. The zero-order valence-electron chi connectivity index (χ0n) is 12.8. The second kappa shape index (κ2) is 5.41. The van der Waals surface area contributed by atoms with Crippen LogP contribution in [0.3, 0.4) is 0 Å². The number of likely N-dealkylation sites (N-methyl/N-ethyl adjacent to an activating group) is 1. The lowest BCUT2D eigenvalue weighted by molar-refractivity contribution is -0.153. The van der Waals surface area contributed by atoms with Crippen molar-refractivity contribution in [2.45, 2.75) is 57.5 Å². The van der Waals surface area contributed by atoms with Gasteiger partial charge in [-0.05, 0) is 66.0 Å². The van der Waals surface area contributed by atoms with E-state index >= 15 is 0 Å². The number of hydrogen-bond donors (Lipinski definition) is 1. The van der Waals surface area contributed by atoms with Crippen LogP contribution in [-0.2, 0) is 9.53 Å². The molecule has 0 aromatic rings. The average molecular weight is 268 g/mol. The molecule has 1 heterocycles. The quantitative estimate of drug-likeness (QED) is 0.746. The van der Waals surface area contributed by atoms with Crippen LogP contribution in [-0.4, -0.2) is 48.7 Å². The van der Waals surface area contributed by atoms with Crippen molar-refractivity contribution < 1.29 is 9.53 Å². The van der Waals surface area contributed by atoms with Crippen molar-refractivity contribution in [1.29, 1.82) is 0 Å². The van der Waals surface area contributed by atoms with Crippen LogP contribution in [0.25, 0.3) is 0 Å². The second-order valence-electron chi connectivity index (χ2n) is 6.55. The summed E-state index contributed by atoms with van der Waals surface area (Å²) in [6.07, 6.45) is 4.70. The van der Waals surface area contributed by atoms with Gasteiger partial charge in [0.2, 0.25) is 0 Å². The molecule has 19 heavy (non-hydrogen) atoms. The van der Waals surface area contributed by atoms with E-state index in [1.54, 1.807) is 0 Å². The molecule has 1 aliphatic heterocycles. The molecule has 0 bridgehead atoms. The smallest absolute Gasteiger partial charge is 0.327 e. The van der Waals surface area contributed by atoms with Gasteiger partial charge in [-0.3, -0.25) is 4.90 Å². The monoisotopic (exact) mass is 268 g/mol. The lowest BCUT2D eigenvalue weighted by Gasteiger charge is -2.40. The fraction of sp³-hybridized carbons (Fsp3) is 0.933. The minimum atomic E-state index is -0.502. The molecule has 0 amide bonds. The average Bonchev–Trinajstić information content (AvgIpc) is 3.14. The number of nitrogens with one attached hydrogen (secondary N) is 1. The van der Waals surface area contributed by atoms with Gasteiger partial charge in [-0.15, -0.1) is 0 Å². The summed E-state index contributed by atoms with van der Waals surface area (Å²) in [7, 11) is 1.90. The van der Waals surface area contributed by atoms with Crippen LogP contribution in [0.5, 0.6) is 0 Å². The Morgan fingerprint density at radius 2 is 2.16 bits per heavy atom. The van der Waals surface area contributed by atoms with Gasteiger partial charge in [-0.2, -0.15) is 0 Å². The van der Waals surface area contributed by atoms with Gasteiger partial charge >= 0.3 is 5.97 Å².